The zero-order valence-electron chi connectivity index (χ0n) is 14.6. The summed E-state index contributed by atoms with van der Waals surface area (Å²) >= 11 is 0. The van der Waals surface area contributed by atoms with Gasteiger partial charge in [-0.05, 0) is 31.9 Å². The van der Waals surface area contributed by atoms with Crippen molar-refractivity contribution in [2.45, 2.75) is 25.8 Å². The first-order valence-electron chi connectivity index (χ1n) is 8.35. The summed E-state index contributed by atoms with van der Waals surface area (Å²) in [6.07, 6.45) is 2.07. The van der Waals surface area contributed by atoms with Gasteiger partial charge in [0.05, 0.1) is 5.69 Å². The molecule has 0 radical (unpaired) electrons. The predicted molar refractivity (Wildman–Crippen MR) is 96.1 cm³/mol. The van der Waals surface area contributed by atoms with Crippen molar-refractivity contribution in [1.29, 1.82) is 0 Å². The smallest absolute Gasteiger partial charge is 0.259 e. The average Bonchev–Trinajstić information content (AvgIpc) is 2.86. The van der Waals surface area contributed by atoms with Crippen molar-refractivity contribution in [3.8, 4) is 0 Å². The molecule has 1 unspecified atom stereocenters. The SMILES string of the molecule is Cc1nn(C)c(N)c1C(=O)N(C)C1CCCN(c2ccccc2)C1. The number of aromatic nitrogens is 2. The zero-order valence-corrected chi connectivity index (χ0v) is 14.6. The molecule has 1 aromatic heterocycles. The first-order valence-corrected chi connectivity index (χ1v) is 8.35. The Labute approximate surface area is 142 Å². The van der Waals surface area contributed by atoms with Crippen LogP contribution in [0.3, 0.4) is 0 Å². The Bertz CT molecular complexity index is 725. The van der Waals surface area contributed by atoms with E-state index in [1.807, 2.05) is 37.1 Å². The second-order valence-electron chi connectivity index (χ2n) is 6.46. The number of carbonyl (C=O) groups excluding carboxylic acids is 1. The van der Waals surface area contributed by atoms with Crippen LogP contribution in [0, 0.1) is 6.92 Å². The number of carbonyl (C=O) groups is 1. The Kier molecular flexibility index (Phi) is 4.46. The van der Waals surface area contributed by atoms with Gasteiger partial charge < -0.3 is 15.5 Å². The second-order valence-corrected chi connectivity index (χ2v) is 6.46. The lowest BCUT2D eigenvalue weighted by molar-refractivity contribution is 0.0718. The Balaban J connectivity index is 1.77. The van der Waals surface area contributed by atoms with Gasteiger partial charge in [-0.1, -0.05) is 18.2 Å². The maximum atomic E-state index is 12.9. The van der Waals surface area contributed by atoms with Crippen LogP contribution < -0.4 is 10.6 Å². The highest BCUT2D eigenvalue weighted by Gasteiger charge is 2.29. The van der Waals surface area contributed by atoms with Gasteiger partial charge in [-0.3, -0.25) is 9.48 Å². The van der Waals surface area contributed by atoms with Crippen molar-refractivity contribution in [3.05, 3.63) is 41.6 Å². The third-order valence-corrected chi connectivity index (χ3v) is 4.87. The van der Waals surface area contributed by atoms with Crippen molar-refractivity contribution in [3.63, 3.8) is 0 Å². The molecule has 1 aromatic carbocycles. The second kappa shape index (κ2) is 6.55. The van der Waals surface area contributed by atoms with Crippen LogP contribution in [0.2, 0.25) is 0 Å². The minimum absolute atomic E-state index is 0.0435. The fourth-order valence-corrected chi connectivity index (χ4v) is 3.43. The van der Waals surface area contributed by atoms with Crippen molar-refractivity contribution >= 4 is 17.4 Å². The average molecular weight is 327 g/mol. The molecule has 2 N–H and O–H groups in total. The standard InChI is InChI=1S/C18H25N5O/c1-13-16(17(19)22(3)20-13)18(24)21(2)15-10-7-11-23(12-15)14-8-5-4-6-9-14/h4-6,8-9,15H,7,10-12,19H2,1-3H3. The van der Waals surface area contributed by atoms with Gasteiger partial charge in [-0.25, -0.2) is 0 Å². The maximum absolute atomic E-state index is 12.9. The van der Waals surface area contributed by atoms with Crippen LogP contribution in [0.25, 0.3) is 0 Å². The van der Waals surface area contributed by atoms with E-state index in [4.69, 9.17) is 5.73 Å². The lowest BCUT2D eigenvalue weighted by atomic mass is 10.0. The summed E-state index contributed by atoms with van der Waals surface area (Å²) < 4.78 is 1.56. The molecule has 0 spiro atoms. The number of nitrogens with zero attached hydrogens (tertiary/aromatic N) is 4. The summed E-state index contributed by atoms with van der Waals surface area (Å²) in [6.45, 7) is 3.69. The van der Waals surface area contributed by atoms with E-state index in [0.29, 0.717) is 17.1 Å². The summed E-state index contributed by atoms with van der Waals surface area (Å²) in [4.78, 5) is 17.1. The van der Waals surface area contributed by atoms with Gasteiger partial charge in [-0.2, -0.15) is 5.10 Å². The minimum atomic E-state index is -0.0435. The summed E-state index contributed by atoms with van der Waals surface area (Å²) in [7, 11) is 3.63. The van der Waals surface area contributed by atoms with E-state index in [-0.39, 0.29) is 11.9 Å². The monoisotopic (exact) mass is 327 g/mol. The van der Waals surface area contributed by atoms with Gasteiger partial charge in [0.1, 0.15) is 11.4 Å². The quantitative estimate of drug-likeness (QED) is 0.937. The molecule has 2 heterocycles. The van der Waals surface area contributed by atoms with Crippen molar-refractivity contribution in [2.24, 2.45) is 7.05 Å². The molecule has 6 nitrogen and oxygen atoms in total. The summed E-state index contributed by atoms with van der Waals surface area (Å²) in [5, 5.41) is 4.26. The molecule has 0 bridgehead atoms. The number of para-hydroxylation sites is 1. The van der Waals surface area contributed by atoms with Gasteiger partial charge in [0.2, 0.25) is 0 Å². The molecule has 1 amide bonds. The molecule has 1 fully saturated rings. The number of benzene rings is 1. The number of rotatable bonds is 3. The summed E-state index contributed by atoms with van der Waals surface area (Å²) in [5.41, 5.74) is 8.45. The fourth-order valence-electron chi connectivity index (χ4n) is 3.43. The Morgan fingerprint density at radius 3 is 2.67 bits per heavy atom. The zero-order chi connectivity index (χ0) is 17.3. The van der Waals surface area contributed by atoms with Crippen LogP contribution in [-0.4, -0.2) is 46.8 Å². The van der Waals surface area contributed by atoms with E-state index in [1.165, 1.54) is 5.69 Å². The number of piperidine rings is 1. The van der Waals surface area contributed by atoms with Gasteiger partial charge in [-0.15, -0.1) is 0 Å². The van der Waals surface area contributed by atoms with Crippen LogP contribution in [0.5, 0.6) is 0 Å². The van der Waals surface area contributed by atoms with Crippen LogP contribution in [0.15, 0.2) is 30.3 Å². The maximum Gasteiger partial charge on any atom is 0.259 e. The fraction of sp³-hybridized carbons (Fsp3) is 0.444. The molecule has 0 saturated carbocycles. The molecule has 0 aliphatic carbocycles. The van der Waals surface area contributed by atoms with Crippen LogP contribution >= 0.6 is 0 Å². The highest BCUT2D eigenvalue weighted by molar-refractivity contribution is 5.99. The number of amides is 1. The first kappa shape index (κ1) is 16.4. The largest absolute Gasteiger partial charge is 0.383 e. The molecule has 1 atom stereocenters. The number of anilines is 2. The normalized spacial score (nSPS) is 17.8. The molecular weight excluding hydrogens is 302 g/mol. The van der Waals surface area contributed by atoms with E-state index in [9.17, 15) is 4.79 Å². The molecule has 6 heteroatoms. The number of nitrogens with two attached hydrogens (primary N) is 1. The number of nitrogen functional groups attached to an aromatic ring is 1. The van der Waals surface area contributed by atoms with Crippen molar-refractivity contribution < 1.29 is 4.79 Å². The lowest BCUT2D eigenvalue weighted by Gasteiger charge is -2.38. The molecule has 2 aromatic rings. The summed E-state index contributed by atoms with van der Waals surface area (Å²) in [5.74, 6) is 0.387. The number of hydrogen-bond donors (Lipinski definition) is 1. The van der Waals surface area contributed by atoms with E-state index in [0.717, 1.165) is 25.9 Å². The molecule has 1 saturated heterocycles. The number of hydrogen-bond acceptors (Lipinski definition) is 4. The van der Waals surface area contributed by atoms with E-state index < -0.39 is 0 Å². The lowest BCUT2D eigenvalue weighted by Crippen LogP contribution is -2.48. The highest BCUT2D eigenvalue weighted by Crippen LogP contribution is 2.24. The topological polar surface area (TPSA) is 67.4 Å². The van der Waals surface area contributed by atoms with Crippen LogP contribution in [-0.2, 0) is 7.05 Å². The number of aryl methyl sites for hydroxylation is 2. The first-order chi connectivity index (χ1) is 11.5. The predicted octanol–water partition coefficient (Wildman–Crippen LogP) is 2.05. The Morgan fingerprint density at radius 2 is 2.04 bits per heavy atom. The van der Waals surface area contributed by atoms with Crippen molar-refractivity contribution in [2.75, 3.05) is 30.8 Å². The number of likely N-dealkylation sites (N-methyl/N-ethyl adjacent to an activating group) is 1. The summed E-state index contributed by atoms with van der Waals surface area (Å²) in [6, 6.07) is 10.5. The molecule has 3 rings (SSSR count). The van der Waals surface area contributed by atoms with Crippen LogP contribution in [0.1, 0.15) is 28.9 Å². The molecular formula is C18H25N5O. The van der Waals surface area contributed by atoms with E-state index in [2.05, 4.69) is 22.1 Å². The molecule has 1 aliphatic rings. The van der Waals surface area contributed by atoms with Crippen molar-refractivity contribution in [1.82, 2.24) is 14.7 Å². The molecule has 1 aliphatic heterocycles. The Morgan fingerprint density at radius 1 is 1.33 bits per heavy atom. The van der Waals surface area contributed by atoms with Gasteiger partial charge >= 0.3 is 0 Å². The third-order valence-electron chi connectivity index (χ3n) is 4.87. The van der Waals surface area contributed by atoms with Gasteiger partial charge in [0.25, 0.3) is 5.91 Å². The third kappa shape index (κ3) is 2.96. The van der Waals surface area contributed by atoms with Crippen LogP contribution in [0.4, 0.5) is 11.5 Å². The van der Waals surface area contributed by atoms with Gasteiger partial charge in [0.15, 0.2) is 0 Å². The molecule has 24 heavy (non-hydrogen) atoms. The highest BCUT2D eigenvalue weighted by atomic mass is 16.2. The van der Waals surface area contributed by atoms with E-state index >= 15 is 0 Å². The Hall–Kier alpha value is -2.50. The van der Waals surface area contributed by atoms with Gasteiger partial charge in [0, 0.05) is 38.9 Å². The minimum Gasteiger partial charge on any atom is -0.383 e. The molecule has 128 valence electrons. The van der Waals surface area contributed by atoms with E-state index in [1.54, 1.807) is 11.7 Å².